The van der Waals surface area contributed by atoms with Gasteiger partial charge in [-0.15, -0.1) is 0 Å². The van der Waals surface area contributed by atoms with Crippen molar-refractivity contribution in [3.05, 3.63) is 64.3 Å². The van der Waals surface area contributed by atoms with Gasteiger partial charge in [0, 0.05) is 25.5 Å². The number of hydrogen-bond donors (Lipinski definition) is 1. The molecule has 1 aliphatic heterocycles. The number of amides is 1. The summed E-state index contributed by atoms with van der Waals surface area (Å²) in [7, 11) is 0. The molecule has 2 unspecified atom stereocenters. The topological polar surface area (TPSA) is 85.9 Å². The van der Waals surface area contributed by atoms with Gasteiger partial charge >= 0.3 is 5.56 Å². The van der Waals surface area contributed by atoms with E-state index in [1.54, 1.807) is 10.8 Å². The smallest absolute Gasteiger partial charge is 0.302 e. The van der Waals surface area contributed by atoms with Crippen molar-refractivity contribution in [2.24, 2.45) is 11.8 Å². The number of nitrogens with zero attached hydrogens (tertiary/aromatic N) is 4. The Labute approximate surface area is 191 Å². The number of benzene rings is 1. The molecular formula is C23H26N4O4S. The molecule has 1 amide bonds. The molecule has 1 fully saturated rings. The summed E-state index contributed by atoms with van der Waals surface area (Å²) >= 11 is 3.88. The van der Waals surface area contributed by atoms with E-state index in [1.807, 2.05) is 35.2 Å². The SMILES string of the molecule is CC1CC(C)CN(C(=O)Cn2ccn3c(=O)c(OCc4ccccc4)c(C(=O)S)nc23)C1. The average Bonchev–Trinajstić information content (AvgIpc) is 3.15. The Morgan fingerprint density at radius 3 is 2.47 bits per heavy atom. The summed E-state index contributed by atoms with van der Waals surface area (Å²) in [6.45, 7) is 5.86. The lowest BCUT2D eigenvalue weighted by atomic mass is 9.92. The van der Waals surface area contributed by atoms with Crippen LogP contribution in [-0.2, 0) is 17.9 Å². The number of piperidine rings is 1. The molecule has 2 aromatic heterocycles. The van der Waals surface area contributed by atoms with Crippen LogP contribution in [0.25, 0.3) is 5.78 Å². The van der Waals surface area contributed by atoms with E-state index < -0.39 is 10.7 Å². The first kappa shape index (κ1) is 22.1. The fourth-order valence-electron chi connectivity index (χ4n) is 4.30. The molecule has 0 bridgehead atoms. The molecule has 0 N–H and O–H groups in total. The van der Waals surface area contributed by atoms with E-state index in [0.717, 1.165) is 12.0 Å². The van der Waals surface area contributed by atoms with Crippen molar-refractivity contribution < 1.29 is 14.3 Å². The molecular weight excluding hydrogens is 428 g/mol. The van der Waals surface area contributed by atoms with Gasteiger partial charge in [0.25, 0.3) is 0 Å². The Kier molecular flexibility index (Phi) is 6.36. The third kappa shape index (κ3) is 4.57. The van der Waals surface area contributed by atoms with Gasteiger partial charge in [-0.1, -0.05) is 56.8 Å². The Morgan fingerprint density at radius 2 is 1.81 bits per heavy atom. The van der Waals surface area contributed by atoms with Gasteiger partial charge < -0.3 is 14.2 Å². The highest BCUT2D eigenvalue weighted by Crippen LogP contribution is 2.22. The largest absolute Gasteiger partial charge is 0.481 e. The first-order chi connectivity index (χ1) is 15.3. The van der Waals surface area contributed by atoms with Crippen LogP contribution in [0.5, 0.6) is 5.75 Å². The second-order valence-electron chi connectivity index (χ2n) is 8.51. The number of rotatable bonds is 6. The summed E-state index contributed by atoms with van der Waals surface area (Å²) in [4.78, 5) is 44.3. The summed E-state index contributed by atoms with van der Waals surface area (Å²) in [5.74, 6) is 0.893. The molecule has 0 radical (unpaired) electrons. The Morgan fingerprint density at radius 1 is 1.12 bits per heavy atom. The van der Waals surface area contributed by atoms with E-state index >= 15 is 0 Å². The Bertz CT molecular complexity index is 1190. The fraction of sp³-hybridized carbons (Fsp3) is 0.391. The van der Waals surface area contributed by atoms with Crippen molar-refractivity contribution in [2.75, 3.05) is 13.1 Å². The second kappa shape index (κ2) is 9.20. The summed E-state index contributed by atoms with van der Waals surface area (Å²) in [6, 6.07) is 9.31. The average molecular weight is 455 g/mol. The van der Waals surface area contributed by atoms with Gasteiger partial charge in [-0.05, 0) is 23.8 Å². The molecule has 3 aromatic rings. The van der Waals surface area contributed by atoms with E-state index in [2.05, 4.69) is 31.5 Å². The van der Waals surface area contributed by atoms with Gasteiger partial charge in [-0.2, -0.15) is 0 Å². The van der Waals surface area contributed by atoms with Gasteiger partial charge in [-0.25, -0.2) is 9.38 Å². The lowest BCUT2D eigenvalue weighted by Crippen LogP contribution is -2.44. The molecule has 1 saturated heterocycles. The third-order valence-corrected chi connectivity index (χ3v) is 5.88. The lowest BCUT2D eigenvalue weighted by Gasteiger charge is -2.35. The van der Waals surface area contributed by atoms with Crippen LogP contribution in [0.2, 0.25) is 0 Å². The number of ether oxygens (including phenoxy) is 1. The lowest BCUT2D eigenvalue weighted by molar-refractivity contribution is -0.134. The fourth-order valence-corrected chi connectivity index (χ4v) is 4.45. The number of hydrogen-bond acceptors (Lipinski definition) is 5. The first-order valence-electron chi connectivity index (χ1n) is 10.6. The Balaban J connectivity index is 1.63. The first-order valence-corrected chi connectivity index (χ1v) is 11.1. The van der Waals surface area contributed by atoms with Crippen LogP contribution >= 0.6 is 12.6 Å². The normalized spacial score (nSPS) is 18.7. The van der Waals surface area contributed by atoms with Gasteiger partial charge in [0.05, 0.1) is 0 Å². The molecule has 168 valence electrons. The summed E-state index contributed by atoms with van der Waals surface area (Å²) in [6.07, 6.45) is 4.25. The predicted molar refractivity (Wildman–Crippen MR) is 123 cm³/mol. The molecule has 2 atom stereocenters. The third-order valence-electron chi connectivity index (χ3n) is 5.66. The van der Waals surface area contributed by atoms with Crippen LogP contribution in [-0.4, -0.2) is 43.0 Å². The van der Waals surface area contributed by atoms with Crippen LogP contribution in [0, 0.1) is 11.8 Å². The van der Waals surface area contributed by atoms with Crippen LogP contribution in [0.15, 0.2) is 47.5 Å². The van der Waals surface area contributed by atoms with Gasteiger partial charge in [0.15, 0.2) is 5.69 Å². The highest BCUT2D eigenvalue weighted by molar-refractivity contribution is 7.97. The van der Waals surface area contributed by atoms with Crippen LogP contribution in [0.3, 0.4) is 0 Å². The number of fused-ring (bicyclic) bond motifs is 1. The molecule has 1 aliphatic rings. The summed E-state index contributed by atoms with van der Waals surface area (Å²) in [5.41, 5.74) is 0.166. The minimum absolute atomic E-state index is 0.0345. The molecule has 0 spiro atoms. The van der Waals surface area contributed by atoms with Crippen molar-refractivity contribution in [1.29, 1.82) is 0 Å². The molecule has 4 rings (SSSR count). The van der Waals surface area contributed by atoms with Crippen molar-refractivity contribution >= 4 is 29.4 Å². The number of carbonyl (C=O) groups is 2. The van der Waals surface area contributed by atoms with Crippen molar-refractivity contribution in [2.45, 2.75) is 33.4 Å². The summed E-state index contributed by atoms with van der Waals surface area (Å²) < 4.78 is 8.55. The molecule has 8 nitrogen and oxygen atoms in total. The van der Waals surface area contributed by atoms with Crippen molar-refractivity contribution in [1.82, 2.24) is 18.9 Å². The predicted octanol–water partition coefficient (Wildman–Crippen LogP) is 2.65. The van der Waals surface area contributed by atoms with Gasteiger partial charge in [-0.3, -0.25) is 14.4 Å². The molecule has 3 heterocycles. The molecule has 9 heteroatoms. The van der Waals surface area contributed by atoms with Crippen molar-refractivity contribution in [3.63, 3.8) is 0 Å². The van der Waals surface area contributed by atoms with Gasteiger partial charge in [0.2, 0.25) is 22.5 Å². The summed E-state index contributed by atoms with van der Waals surface area (Å²) in [5, 5.41) is -0.676. The maximum Gasteiger partial charge on any atom is 0.302 e. The monoisotopic (exact) mass is 454 g/mol. The number of thiol groups is 1. The van der Waals surface area contributed by atoms with Crippen LogP contribution < -0.4 is 10.3 Å². The molecule has 1 aromatic carbocycles. The van der Waals surface area contributed by atoms with E-state index in [-0.39, 0.29) is 36.3 Å². The number of likely N-dealkylation sites (tertiary alicyclic amines) is 1. The van der Waals surface area contributed by atoms with Gasteiger partial charge in [0.1, 0.15) is 13.2 Å². The highest BCUT2D eigenvalue weighted by Gasteiger charge is 2.26. The van der Waals surface area contributed by atoms with E-state index in [0.29, 0.717) is 24.9 Å². The zero-order chi connectivity index (χ0) is 22.8. The van der Waals surface area contributed by atoms with Crippen molar-refractivity contribution in [3.8, 4) is 5.75 Å². The van der Waals surface area contributed by atoms with Crippen LogP contribution in [0.4, 0.5) is 0 Å². The van der Waals surface area contributed by atoms with E-state index in [1.165, 1.54) is 10.6 Å². The van der Waals surface area contributed by atoms with Crippen LogP contribution in [0.1, 0.15) is 36.3 Å². The Hall–Kier alpha value is -3.07. The number of aromatic nitrogens is 3. The second-order valence-corrected chi connectivity index (χ2v) is 8.92. The maximum atomic E-state index is 13.1. The highest BCUT2D eigenvalue weighted by atomic mass is 32.1. The number of imidazole rings is 1. The standard InChI is InChI=1S/C23H26N4O4S/c1-15-10-16(2)12-26(11-15)18(28)13-25-8-9-27-21(29)20(19(22(30)32)24-23(25)27)31-14-17-6-4-3-5-7-17/h3-9,15-16H,10-14H2,1-2H3,(H,30,32). The van der Waals surface area contributed by atoms with E-state index in [9.17, 15) is 14.4 Å². The quantitative estimate of drug-likeness (QED) is 0.579. The molecule has 0 saturated carbocycles. The maximum absolute atomic E-state index is 13.1. The molecule has 0 aliphatic carbocycles. The zero-order valence-electron chi connectivity index (χ0n) is 18.1. The minimum Gasteiger partial charge on any atom is -0.481 e. The zero-order valence-corrected chi connectivity index (χ0v) is 19.0. The van der Waals surface area contributed by atoms with E-state index in [4.69, 9.17) is 4.74 Å². The number of carbonyl (C=O) groups excluding carboxylic acids is 2. The molecule has 32 heavy (non-hydrogen) atoms. The minimum atomic E-state index is -0.676.